The Bertz CT molecular complexity index is 776. The molecule has 1 heterocycles. The minimum atomic E-state index is -0.134. The van der Waals surface area contributed by atoms with Crippen molar-refractivity contribution >= 4 is 33.3 Å². The van der Waals surface area contributed by atoms with Gasteiger partial charge in [-0.05, 0) is 61.7 Å². The lowest BCUT2D eigenvalue weighted by Gasteiger charge is -2.34. The molecule has 4 nitrogen and oxygen atoms in total. The summed E-state index contributed by atoms with van der Waals surface area (Å²) < 4.78 is 7.00. The summed E-state index contributed by atoms with van der Waals surface area (Å²) in [6.45, 7) is 6.63. The second kappa shape index (κ2) is 6.85. The molecule has 1 aliphatic heterocycles. The molecule has 0 radical (unpaired) electrons. The molecule has 0 saturated heterocycles. The smallest absolute Gasteiger partial charge is 0.326 e. The zero-order valence-electron chi connectivity index (χ0n) is 14.1. The molecule has 0 aromatic heterocycles. The lowest BCUT2D eigenvalue weighted by Crippen LogP contribution is -2.45. The highest BCUT2D eigenvalue weighted by atomic mass is 79.9. The van der Waals surface area contributed by atoms with Crippen molar-refractivity contribution in [1.82, 2.24) is 0 Å². The first-order valence-electron chi connectivity index (χ1n) is 8.10. The van der Waals surface area contributed by atoms with Crippen molar-refractivity contribution in [3.8, 4) is 5.75 Å². The van der Waals surface area contributed by atoms with E-state index in [-0.39, 0.29) is 12.1 Å². The maximum atomic E-state index is 12.8. The molecule has 5 heteroatoms. The third kappa shape index (κ3) is 3.41. The molecule has 1 atom stereocenters. The number of hydrogen-bond acceptors (Lipinski definition) is 2. The van der Waals surface area contributed by atoms with Crippen LogP contribution in [0.3, 0.4) is 0 Å². The Morgan fingerprint density at radius 3 is 2.79 bits per heavy atom. The second-order valence-corrected chi connectivity index (χ2v) is 6.98. The van der Waals surface area contributed by atoms with Gasteiger partial charge in [0, 0.05) is 10.2 Å². The third-order valence-corrected chi connectivity index (χ3v) is 5.08. The van der Waals surface area contributed by atoms with Crippen molar-refractivity contribution in [2.24, 2.45) is 0 Å². The van der Waals surface area contributed by atoms with Gasteiger partial charge in [0.1, 0.15) is 11.9 Å². The molecule has 2 aromatic rings. The number of urea groups is 1. The highest BCUT2D eigenvalue weighted by Gasteiger charge is 2.29. The molecule has 0 fully saturated rings. The van der Waals surface area contributed by atoms with E-state index in [0.29, 0.717) is 6.54 Å². The number of amides is 2. The van der Waals surface area contributed by atoms with E-state index in [4.69, 9.17) is 4.74 Å². The van der Waals surface area contributed by atoms with E-state index in [9.17, 15) is 4.79 Å². The Hall–Kier alpha value is -2.01. The van der Waals surface area contributed by atoms with Crippen molar-refractivity contribution in [2.45, 2.75) is 33.3 Å². The predicted molar refractivity (Wildman–Crippen MR) is 101 cm³/mol. The number of ether oxygens (including phenoxy) is 1. The molecule has 2 aromatic carbocycles. The number of nitrogens with one attached hydrogen (secondary N) is 1. The van der Waals surface area contributed by atoms with Gasteiger partial charge in [0.05, 0.1) is 12.2 Å². The lowest BCUT2D eigenvalue weighted by atomic mass is 10.1. The van der Waals surface area contributed by atoms with Crippen LogP contribution in [0, 0.1) is 13.8 Å². The van der Waals surface area contributed by atoms with E-state index < -0.39 is 0 Å². The molecule has 0 bridgehead atoms. The van der Waals surface area contributed by atoms with E-state index >= 15 is 0 Å². The maximum Gasteiger partial charge on any atom is 0.326 e. The van der Waals surface area contributed by atoms with Gasteiger partial charge in [-0.15, -0.1) is 0 Å². The highest BCUT2D eigenvalue weighted by molar-refractivity contribution is 9.10. The number of hydrogen-bond donors (Lipinski definition) is 1. The summed E-state index contributed by atoms with van der Waals surface area (Å²) in [5, 5.41) is 3.00. The first kappa shape index (κ1) is 16.8. The lowest BCUT2D eigenvalue weighted by molar-refractivity contribution is 0.188. The van der Waals surface area contributed by atoms with Crippen molar-refractivity contribution in [3.05, 3.63) is 52.0 Å². The number of nitrogens with zero attached hydrogens (tertiary/aromatic N) is 1. The molecule has 2 amide bonds. The third-order valence-electron chi connectivity index (χ3n) is 4.19. The summed E-state index contributed by atoms with van der Waals surface area (Å²) in [5.41, 5.74) is 3.79. The number of carbonyl (C=O) groups excluding carboxylic acids is 1. The van der Waals surface area contributed by atoms with E-state index in [1.165, 1.54) is 0 Å². The van der Waals surface area contributed by atoms with Gasteiger partial charge in [-0.3, -0.25) is 4.90 Å². The van der Waals surface area contributed by atoms with Crippen molar-refractivity contribution in [3.63, 3.8) is 0 Å². The van der Waals surface area contributed by atoms with Crippen LogP contribution in [0.15, 0.2) is 40.9 Å². The number of aryl methyl sites for hydroxylation is 2. The Labute approximate surface area is 150 Å². The number of carbonyl (C=O) groups is 1. The zero-order valence-corrected chi connectivity index (χ0v) is 15.7. The van der Waals surface area contributed by atoms with E-state index in [1.54, 1.807) is 4.90 Å². The second-order valence-electron chi connectivity index (χ2n) is 6.12. The van der Waals surface area contributed by atoms with Gasteiger partial charge in [-0.2, -0.15) is 0 Å². The monoisotopic (exact) mass is 388 g/mol. The highest BCUT2D eigenvalue weighted by Crippen LogP contribution is 2.35. The van der Waals surface area contributed by atoms with Gasteiger partial charge in [0.25, 0.3) is 0 Å². The van der Waals surface area contributed by atoms with E-state index in [2.05, 4.69) is 28.2 Å². The fourth-order valence-corrected chi connectivity index (χ4v) is 3.02. The SMILES string of the molecule is CC[C@@H]1CN(C(=O)Nc2ccc(Br)c(C)c2)c2cc(C)ccc2O1. The molecule has 0 aliphatic carbocycles. The van der Waals surface area contributed by atoms with Gasteiger partial charge in [0.15, 0.2) is 0 Å². The summed E-state index contributed by atoms with van der Waals surface area (Å²) in [6, 6.07) is 11.6. The summed E-state index contributed by atoms with van der Waals surface area (Å²) in [4.78, 5) is 14.6. The summed E-state index contributed by atoms with van der Waals surface area (Å²) in [7, 11) is 0. The predicted octanol–water partition coefficient (Wildman–Crippen LogP) is 5.28. The molecular formula is C19H21BrN2O2. The molecule has 0 saturated carbocycles. The van der Waals surface area contributed by atoms with Crippen LogP contribution in [0.1, 0.15) is 24.5 Å². The largest absolute Gasteiger partial charge is 0.486 e. The van der Waals surface area contributed by atoms with Crippen LogP contribution < -0.4 is 15.0 Å². The van der Waals surface area contributed by atoms with Crippen molar-refractivity contribution < 1.29 is 9.53 Å². The molecule has 0 spiro atoms. The summed E-state index contributed by atoms with van der Waals surface area (Å²) >= 11 is 3.48. The van der Waals surface area contributed by atoms with Gasteiger partial charge in [-0.1, -0.05) is 28.9 Å². The van der Waals surface area contributed by atoms with Crippen LogP contribution in [0.25, 0.3) is 0 Å². The quantitative estimate of drug-likeness (QED) is 0.760. The Balaban J connectivity index is 1.88. The van der Waals surface area contributed by atoms with Crippen LogP contribution in [0.5, 0.6) is 5.75 Å². The number of halogens is 1. The van der Waals surface area contributed by atoms with Crippen LogP contribution in [-0.2, 0) is 0 Å². The van der Waals surface area contributed by atoms with Crippen LogP contribution in [0.2, 0.25) is 0 Å². The van der Waals surface area contributed by atoms with Gasteiger partial charge < -0.3 is 10.1 Å². The number of fused-ring (bicyclic) bond motifs is 1. The fraction of sp³-hybridized carbons (Fsp3) is 0.316. The van der Waals surface area contributed by atoms with Crippen LogP contribution in [0.4, 0.5) is 16.2 Å². The van der Waals surface area contributed by atoms with Crippen molar-refractivity contribution in [1.29, 1.82) is 0 Å². The Morgan fingerprint density at radius 1 is 1.29 bits per heavy atom. The number of anilines is 2. The van der Waals surface area contributed by atoms with Gasteiger partial charge in [-0.25, -0.2) is 4.79 Å². The first-order valence-corrected chi connectivity index (χ1v) is 8.89. The normalized spacial score (nSPS) is 16.3. The summed E-state index contributed by atoms with van der Waals surface area (Å²) in [5.74, 6) is 0.765. The topological polar surface area (TPSA) is 41.6 Å². The van der Waals surface area contributed by atoms with Crippen molar-refractivity contribution in [2.75, 3.05) is 16.8 Å². The summed E-state index contributed by atoms with van der Waals surface area (Å²) in [6.07, 6.45) is 0.867. The minimum Gasteiger partial charge on any atom is -0.486 e. The minimum absolute atomic E-state index is 0.0117. The molecule has 126 valence electrons. The van der Waals surface area contributed by atoms with Crippen LogP contribution >= 0.6 is 15.9 Å². The number of benzene rings is 2. The fourth-order valence-electron chi connectivity index (χ4n) is 2.77. The molecular weight excluding hydrogens is 368 g/mol. The zero-order chi connectivity index (χ0) is 17.3. The maximum absolute atomic E-state index is 12.8. The molecule has 1 N–H and O–H groups in total. The standard InChI is InChI=1S/C19H21BrN2O2/c1-4-15-11-22(17-9-12(2)5-8-18(17)24-15)19(23)21-14-6-7-16(20)13(3)10-14/h5-10,15H,4,11H2,1-3H3,(H,21,23)/t15-/m1/s1. The molecule has 0 unspecified atom stereocenters. The average molecular weight is 389 g/mol. The van der Waals surface area contributed by atoms with E-state index in [1.807, 2.05) is 50.2 Å². The number of rotatable bonds is 2. The Morgan fingerprint density at radius 2 is 2.08 bits per heavy atom. The van der Waals surface area contributed by atoms with Gasteiger partial charge in [0.2, 0.25) is 0 Å². The van der Waals surface area contributed by atoms with Crippen LogP contribution in [-0.4, -0.2) is 18.7 Å². The molecule has 3 rings (SSSR count). The molecule has 24 heavy (non-hydrogen) atoms. The Kier molecular flexibility index (Phi) is 4.81. The first-order chi connectivity index (χ1) is 11.5. The van der Waals surface area contributed by atoms with E-state index in [0.717, 1.165) is 39.1 Å². The molecule has 1 aliphatic rings. The average Bonchev–Trinajstić information content (AvgIpc) is 2.57. The van der Waals surface area contributed by atoms with Gasteiger partial charge >= 0.3 is 6.03 Å².